The molecule has 3 aromatic rings. The maximum atomic E-state index is 11.6. The maximum absolute atomic E-state index is 11.6. The largest absolute Gasteiger partial charge is 0.478 e. The molecule has 1 aromatic carbocycles. The molecule has 0 amide bonds. The Hall–Kier alpha value is -3.19. The van der Waals surface area contributed by atoms with Gasteiger partial charge in [0.05, 0.1) is 12.1 Å². The summed E-state index contributed by atoms with van der Waals surface area (Å²) in [5, 5.41) is 9.32. The van der Waals surface area contributed by atoms with Gasteiger partial charge in [-0.2, -0.15) is 0 Å². The topological polar surface area (TPSA) is 99.4 Å². The van der Waals surface area contributed by atoms with Crippen molar-refractivity contribution in [3.63, 3.8) is 0 Å². The highest BCUT2D eigenvalue weighted by Gasteiger charge is 2.30. The number of hydrogen-bond acceptors (Lipinski definition) is 5. The number of furan rings is 1. The molecule has 0 atom stereocenters. The van der Waals surface area contributed by atoms with Gasteiger partial charge in [-0.25, -0.2) is 9.78 Å². The molecule has 0 aliphatic carbocycles. The Morgan fingerprint density at radius 2 is 2.07 bits per heavy atom. The molecule has 0 saturated carbocycles. The molecule has 1 fully saturated rings. The standard InChI is InChI=1S/C20H19N3O4/c1-12-8-18(24)22-19(21-12)13-9-23(10-13)11-14-6-7-17(27-14)15-4-2-3-5-16(15)20(25)26/h2-8,13H,9-11H2,1H3,(H,25,26)(H,21,22,24). The van der Waals surface area contributed by atoms with Crippen molar-refractivity contribution in [1.82, 2.24) is 14.9 Å². The third kappa shape index (κ3) is 3.54. The number of aromatic nitrogens is 2. The van der Waals surface area contributed by atoms with Crippen LogP contribution in [0.15, 0.2) is 51.7 Å². The lowest BCUT2D eigenvalue weighted by Gasteiger charge is -2.37. The van der Waals surface area contributed by atoms with Gasteiger partial charge in [0, 0.05) is 36.3 Å². The third-order valence-corrected chi connectivity index (χ3v) is 4.70. The van der Waals surface area contributed by atoms with Gasteiger partial charge in [-0.3, -0.25) is 9.69 Å². The van der Waals surface area contributed by atoms with Crippen molar-refractivity contribution in [3.05, 3.63) is 75.7 Å². The molecule has 0 unspecified atom stereocenters. The monoisotopic (exact) mass is 365 g/mol. The SMILES string of the molecule is Cc1cc(=O)[nH]c(C2CN(Cc3ccc(-c4ccccc4C(=O)O)o3)C2)n1. The van der Waals surface area contributed by atoms with Gasteiger partial charge in [0.15, 0.2) is 0 Å². The quantitative estimate of drug-likeness (QED) is 0.721. The van der Waals surface area contributed by atoms with Crippen molar-refractivity contribution >= 4 is 5.97 Å². The second-order valence-electron chi connectivity index (χ2n) is 6.78. The zero-order chi connectivity index (χ0) is 19.0. The molecular weight excluding hydrogens is 346 g/mol. The first kappa shape index (κ1) is 17.2. The Kier molecular flexibility index (Phi) is 4.37. The fourth-order valence-electron chi connectivity index (χ4n) is 3.38. The van der Waals surface area contributed by atoms with Crippen molar-refractivity contribution in [2.24, 2.45) is 0 Å². The first-order chi connectivity index (χ1) is 13.0. The molecule has 0 bridgehead atoms. The van der Waals surface area contributed by atoms with Gasteiger partial charge < -0.3 is 14.5 Å². The second kappa shape index (κ2) is 6.85. The summed E-state index contributed by atoms with van der Waals surface area (Å²) in [5.74, 6) is 1.28. The zero-order valence-corrected chi connectivity index (χ0v) is 14.8. The van der Waals surface area contributed by atoms with Gasteiger partial charge in [0.2, 0.25) is 0 Å². The number of carboxylic acid groups (broad SMARTS) is 1. The first-order valence-electron chi connectivity index (χ1n) is 8.71. The summed E-state index contributed by atoms with van der Waals surface area (Å²) in [7, 11) is 0. The molecule has 3 heterocycles. The lowest BCUT2D eigenvalue weighted by atomic mass is 9.99. The van der Waals surface area contributed by atoms with E-state index in [1.807, 2.05) is 13.0 Å². The van der Waals surface area contributed by atoms with Crippen molar-refractivity contribution < 1.29 is 14.3 Å². The molecule has 1 saturated heterocycles. The van der Waals surface area contributed by atoms with Gasteiger partial charge >= 0.3 is 5.97 Å². The highest BCUT2D eigenvalue weighted by molar-refractivity contribution is 5.95. The minimum absolute atomic E-state index is 0.122. The van der Waals surface area contributed by atoms with Crippen LogP contribution < -0.4 is 5.56 Å². The van der Waals surface area contributed by atoms with E-state index in [0.29, 0.717) is 17.9 Å². The maximum Gasteiger partial charge on any atom is 0.336 e. The molecule has 138 valence electrons. The van der Waals surface area contributed by atoms with E-state index in [9.17, 15) is 14.7 Å². The molecule has 0 spiro atoms. The molecule has 7 nitrogen and oxygen atoms in total. The highest BCUT2D eigenvalue weighted by atomic mass is 16.4. The Balaban J connectivity index is 1.43. The Labute approximate surface area is 155 Å². The van der Waals surface area contributed by atoms with Crippen LogP contribution >= 0.6 is 0 Å². The van der Waals surface area contributed by atoms with Gasteiger partial charge in [-0.15, -0.1) is 0 Å². The Bertz CT molecular complexity index is 1050. The summed E-state index contributed by atoms with van der Waals surface area (Å²) in [4.78, 5) is 32.4. The number of carboxylic acids is 1. The molecule has 2 aromatic heterocycles. The number of rotatable bonds is 5. The fraction of sp³-hybridized carbons (Fsp3) is 0.250. The van der Waals surface area contributed by atoms with Crippen LogP contribution in [0.25, 0.3) is 11.3 Å². The number of likely N-dealkylation sites (tertiary alicyclic amines) is 1. The van der Waals surface area contributed by atoms with E-state index in [1.54, 1.807) is 30.3 Å². The lowest BCUT2D eigenvalue weighted by Crippen LogP contribution is -2.45. The number of nitrogens with zero attached hydrogens (tertiary/aromatic N) is 2. The predicted octanol–water partition coefficient (Wildman–Crippen LogP) is 2.64. The van der Waals surface area contributed by atoms with Crippen LogP contribution in [0.5, 0.6) is 0 Å². The Morgan fingerprint density at radius 1 is 1.30 bits per heavy atom. The summed E-state index contributed by atoms with van der Waals surface area (Å²) in [6, 6.07) is 11.9. The molecule has 1 aliphatic heterocycles. The van der Waals surface area contributed by atoms with Crippen LogP contribution in [0.4, 0.5) is 0 Å². The van der Waals surface area contributed by atoms with Gasteiger partial charge in [-0.05, 0) is 25.1 Å². The number of hydrogen-bond donors (Lipinski definition) is 2. The van der Waals surface area contributed by atoms with E-state index in [2.05, 4.69) is 14.9 Å². The summed E-state index contributed by atoms with van der Waals surface area (Å²) >= 11 is 0. The summed E-state index contributed by atoms with van der Waals surface area (Å²) in [6.07, 6.45) is 0. The number of aromatic amines is 1. The number of aromatic carboxylic acids is 1. The number of nitrogens with one attached hydrogen (secondary N) is 1. The van der Waals surface area contributed by atoms with Crippen LogP contribution in [0.3, 0.4) is 0 Å². The van der Waals surface area contributed by atoms with Crippen LogP contribution in [0.2, 0.25) is 0 Å². The van der Waals surface area contributed by atoms with Gasteiger partial charge in [0.25, 0.3) is 5.56 Å². The normalized spacial score (nSPS) is 14.9. The van der Waals surface area contributed by atoms with Gasteiger partial charge in [-0.1, -0.05) is 18.2 Å². The molecule has 4 rings (SSSR count). The lowest BCUT2D eigenvalue weighted by molar-refractivity contribution is 0.0697. The van der Waals surface area contributed by atoms with E-state index in [1.165, 1.54) is 6.07 Å². The molecule has 27 heavy (non-hydrogen) atoms. The molecule has 1 aliphatic rings. The fourth-order valence-corrected chi connectivity index (χ4v) is 3.38. The van der Waals surface area contributed by atoms with E-state index >= 15 is 0 Å². The third-order valence-electron chi connectivity index (χ3n) is 4.70. The first-order valence-corrected chi connectivity index (χ1v) is 8.71. The molecule has 7 heteroatoms. The van der Waals surface area contributed by atoms with Crippen LogP contribution in [0.1, 0.15) is 33.6 Å². The van der Waals surface area contributed by atoms with Crippen LogP contribution in [-0.2, 0) is 6.54 Å². The second-order valence-corrected chi connectivity index (χ2v) is 6.78. The smallest absolute Gasteiger partial charge is 0.336 e. The van der Waals surface area contributed by atoms with Crippen molar-refractivity contribution in [3.8, 4) is 11.3 Å². The Morgan fingerprint density at radius 3 is 2.81 bits per heavy atom. The van der Waals surface area contributed by atoms with Crippen LogP contribution in [0, 0.1) is 6.92 Å². The number of aryl methyl sites for hydroxylation is 1. The van der Waals surface area contributed by atoms with Crippen molar-refractivity contribution in [2.45, 2.75) is 19.4 Å². The minimum Gasteiger partial charge on any atom is -0.478 e. The van der Waals surface area contributed by atoms with E-state index in [0.717, 1.165) is 30.4 Å². The zero-order valence-electron chi connectivity index (χ0n) is 14.8. The number of benzene rings is 1. The molecule has 0 radical (unpaired) electrons. The van der Waals surface area contributed by atoms with E-state index < -0.39 is 5.97 Å². The predicted molar refractivity (Wildman–Crippen MR) is 98.7 cm³/mol. The van der Waals surface area contributed by atoms with Gasteiger partial charge in [0.1, 0.15) is 17.3 Å². The van der Waals surface area contributed by atoms with E-state index in [4.69, 9.17) is 4.42 Å². The highest BCUT2D eigenvalue weighted by Crippen LogP contribution is 2.29. The average Bonchev–Trinajstić information content (AvgIpc) is 3.05. The summed E-state index contributed by atoms with van der Waals surface area (Å²) < 4.78 is 5.87. The summed E-state index contributed by atoms with van der Waals surface area (Å²) in [5.41, 5.74) is 1.39. The summed E-state index contributed by atoms with van der Waals surface area (Å²) in [6.45, 7) is 4.01. The molecular formula is C20H19N3O4. The minimum atomic E-state index is -0.978. The van der Waals surface area contributed by atoms with E-state index in [-0.39, 0.29) is 17.0 Å². The van der Waals surface area contributed by atoms with Crippen LogP contribution in [-0.4, -0.2) is 39.0 Å². The average molecular weight is 365 g/mol. The van der Waals surface area contributed by atoms with Crippen molar-refractivity contribution in [2.75, 3.05) is 13.1 Å². The molecule has 2 N–H and O–H groups in total. The number of carbonyl (C=O) groups is 1. The van der Waals surface area contributed by atoms with Crippen molar-refractivity contribution in [1.29, 1.82) is 0 Å². The number of H-pyrrole nitrogens is 1.